The average molecular weight is 200 g/mol. The van der Waals surface area contributed by atoms with Crippen LogP contribution in [0.25, 0.3) is 0 Å². The Kier molecular flexibility index (Phi) is 3.38. The van der Waals surface area contributed by atoms with Crippen LogP contribution in [0.5, 0.6) is 0 Å². The number of aliphatic hydroxyl groups excluding tert-OH is 2. The number of rotatable bonds is 2. The zero-order chi connectivity index (χ0) is 9.97. The lowest BCUT2D eigenvalue weighted by Crippen LogP contribution is -2.52. The second-order valence-corrected chi connectivity index (χ2v) is 4.36. The van der Waals surface area contributed by atoms with Crippen LogP contribution in [-0.4, -0.2) is 59.5 Å². The summed E-state index contributed by atoms with van der Waals surface area (Å²) >= 11 is 0. The molecule has 2 saturated heterocycles. The van der Waals surface area contributed by atoms with Gasteiger partial charge in [0.15, 0.2) is 0 Å². The van der Waals surface area contributed by atoms with Crippen molar-refractivity contribution in [2.24, 2.45) is 0 Å². The number of hydrogen-bond donors (Lipinski definition) is 3. The fraction of sp³-hybridized carbons (Fsp3) is 1.00. The standard InChI is InChI=1S/C10H20N2O2/c13-7-8-3-1-2-4-12(8)9-5-11-6-10(9)14/h8-11,13-14H,1-7H2/t8?,9-,10-/m1/s1. The van der Waals surface area contributed by atoms with Gasteiger partial charge in [-0.15, -0.1) is 0 Å². The van der Waals surface area contributed by atoms with Crippen LogP contribution in [0.3, 0.4) is 0 Å². The van der Waals surface area contributed by atoms with Crippen molar-refractivity contribution in [1.82, 2.24) is 10.2 Å². The smallest absolute Gasteiger partial charge is 0.0831 e. The molecule has 0 radical (unpaired) electrons. The molecule has 3 atom stereocenters. The van der Waals surface area contributed by atoms with Crippen LogP contribution in [-0.2, 0) is 0 Å². The van der Waals surface area contributed by atoms with E-state index in [-0.39, 0.29) is 24.8 Å². The first-order valence-electron chi connectivity index (χ1n) is 5.58. The van der Waals surface area contributed by atoms with Gasteiger partial charge in [0.25, 0.3) is 0 Å². The molecule has 0 aromatic carbocycles. The summed E-state index contributed by atoms with van der Waals surface area (Å²) in [5.41, 5.74) is 0. The van der Waals surface area contributed by atoms with Crippen molar-refractivity contribution in [2.45, 2.75) is 37.5 Å². The van der Waals surface area contributed by atoms with Crippen molar-refractivity contribution in [1.29, 1.82) is 0 Å². The number of hydrogen-bond acceptors (Lipinski definition) is 4. The van der Waals surface area contributed by atoms with E-state index >= 15 is 0 Å². The summed E-state index contributed by atoms with van der Waals surface area (Å²) in [4.78, 5) is 2.29. The van der Waals surface area contributed by atoms with E-state index in [0.29, 0.717) is 6.54 Å². The summed E-state index contributed by atoms with van der Waals surface area (Å²) in [5.74, 6) is 0. The minimum atomic E-state index is -0.262. The molecule has 4 nitrogen and oxygen atoms in total. The lowest BCUT2D eigenvalue weighted by molar-refractivity contribution is 0.0128. The van der Waals surface area contributed by atoms with Crippen molar-refractivity contribution in [3.8, 4) is 0 Å². The molecule has 0 bridgehead atoms. The van der Waals surface area contributed by atoms with E-state index in [1.807, 2.05) is 0 Å². The van der Waals surface area contributed by atoms with Crippen LogP contribution in [0.4, 0.5) is 0 Å². The van der Waals surface area contributed by atoms with Crippen LogP contribution in [0, 0.1) is 0 Å². The third-order valence-electron chi connectivity index (χ3n) is 3.46. The molecule has 3 N–H and O–H groups in total. The van der Waals surface area contributed by atoms with Crippen molar-refractivity contribution in [3.63, 3.8) is 0 Å². The molecule has 14 heavy (non-hydrogen) atoms. The average Bonchev–Trinajstić information content (AvgIpc) is 2.64. The first-order valence-corrected chi connectivity index (χ1v) is 5.58. The predicted molar refractivity (Wildman–Crippen MR) is 54.1 cm³/mol. The SMILES string of the molecule is OCC1CCCCN1[C@@H]1CNC[C@H]1O. The first kappa shape index (κ1) is 10.4. The molecule has 0 aromatic heterocycles. The van der Waals surface area contributed by atoms with Gasteiger partial charge in [0.1, 0.15) is 0 Å². The quantitative estimate of drug-likeness (QED) is 0.544. The molecule has 0 aliphatic carbocycles. The van der Waals surface area contributed by atoms with Gasteiger partial charge in [0.2, 0.25) is 0 Å². The van der Waals surface area contributed by atoms with Gasteiger partial charge in [0, 0.05) is 25.2 Å². The fourth-order valence-corrected chi connectivity index (χ4v) is 2.64. The summed E-state index contributed by atoms with van der Waals surface area (Å²) in [6, 6.07) is 0.482. The maximum absolute atomic E-state index is 9.77. The zero-order valence-corrected chi connectivity index (χ0v) is 8.52. The predicted octanol–water partition coefficient (Wildman–Crippen LogP) is -0.834. The van der Waals surface area contributed by atoms with E-state index in [1.54, 1.807) is 0 Å². The van der Waals surface area contributed by atoms with Crippen molar-refractivity contribution in [2.75, 3.05) is 26.2 Å². The third kappa shape index (κ3) is 1.93. The molecule has 0 spiro atoms. The topological polar surface area (TPSA) is 55.7 Å². The second kappa shape index (κ2) is 4.57. The maximum Gasteiger partial charge on any atom is 0.0831 e. The molecule has 2 aliphatic rings. The van der Waals surface area contributed by atoms with Gasteiger partial charge in [-0.2, -0.15) is 0 Å². The van der Waals surface area contributed by atoms with E-state index in [4.69, 9.17) is 0 Å². The van der Waals surface area contributed by atoms with Crippen LogP contribution in [0.2, 0.25) is 0 Å². The number of piperidine rings is 1. The van der Waals surface area contributed by atoms with Crippen LogP contribution in [0.1, 0.15) is 19.3 Å². The van der Waals surface area contributed by atoms with E-state index in [9.17, 15) is 10.2 Å². The van der Waals surface area contributed by atoms with E-state index in [0.717, 1.165) is 19.5 Å². The highest BCUT2D eigenvalue weighted by Crippen LogP contribution is 2.22. The highest BCUT2D eigenvalue weighted by atomic mass is 16.3. The second-order valence-electron chi connectivity index (χ2n) is 4.36. The van der Waals surface area contributed by atoms with E-state index in [1.165, 1.54) is 12.8 Å². The van der Waals surface area contributed by atoms with E-state index in [2.05, 4.69) is 10.2 Å². The Labute approximate surface area is 84.9 Å². The molecule has 4 heteroatoms. The first-order chi connectivity index (χ1) is 6.83. The zero-order valence-electron chi connectivity index (χ0n) is 8.52. The van der Waals surface area contributed by atoms with Gasteiger partial charge in [0.05, 0.1) is 12.7 Å². The fourth-order valence-electron chi connectivity index (χ4n) is 2.64. The Morgan fingerprint density at radius 1 is 1.29 bits per heavy atom. The number of nitrogens with one attached hydrogen (secondary N) is 1. The molecular formula is C10H20N2O2. The Morgan fingerprint density at radius 2 is 2.14 bits per heavy atom. The van der Waals surface area contributed by atoms with Crippen molar-refractivity contribution in [3.05, 3.63) is 0 Å². The monoisotopic (exact) mass is 200 g/mol. The van der Waals surface area contributed by atoms with Gasteiger partial charge in [-0.25, -0.2) is 0 Å². The lowest BCUT2D eigenvalue weighted by Gasteiger charge is -2.39. The number of β-amino-alcohol motifs (C(OH)–C–C–N with tert-alkyl or cyclic N) is 1. The highest BCUT2D eigenvalue weighted by molar-refractivity contribution is 4.92. The van der Waals surface area contributed by atoms with E-state index < -0.39 is 0 Å². The number of nitrogens with zero attached hydrogens (tertiary/aromatic N) is 1. The Morgan fingerprint density at radius 3 is 2.79 bits per heavy atom. The number of aliphatic hydroxyl groups is 2. The summed E-state index contributed by atoms with van der Waals surface area (Å²) in [6.45, 7) is 2.80. The molecule has 2 fully saturated rings. The van der Waals surface area contributed by atoms with Gasteiger partial charge in [-0.1, -0.05) is 6.42 Å². The molecule has 0 saturated carbocycles. The molecule has 0 aromatic rings. The molecular weight excluding hydrogens is 180 g/mol. The molecule has 2 rings (SSSR count). The Balaban J connectivity index is 1.99. The van der Waals surface area contributed by atoms with Crippen molar-refractivity contribution < 1.29 is 10.2 Å². The van der Waals surface area contributed by atoms with Crippen LogP contribution >= 0.6 is 0 Å². The minimum absolute atomic E-state index is 0.215. The molecule has 0 amide bonds. The van der Waals surface area contributed by atoms with Gasteiger partial charge in [-0.3, -0.25) is 4.90 Å². The maximum atomic E-state index is 9.77. The van der Waals surface area contributed by atoms with Gasteiger partial charge in [-0.05, 0) is 19.4 Å². The van der Waals surface area contributed by atoms with Gasteiger partial charge >= 0.3 is 0 Å². The lowest BCUT2D eigenvalue weighted by atomic mass is 9.99. The summed E-state index contributed by atoms with van der Waals surface area (Å²) in [6.07, 6.45) is 3.21. The minimum Gasteiger partial charge on any atom is -0.395 e. The van der Waals surface area contributed by atoms with Crippen molar-refractivity contribution >= 4 is 0 Å². The molecule has 1 unspecified atom stereocenters. The Bertz CT molecular complexity index is 189. The summed E-state index contributed by atoms with van der Waals surface area (Å²) < 4.78 is 0. The summed E-state index contributed by atoms with van der Waals surface area (Å²) in [7, 11) is 0. The van der Waals surface area contributed by atoms with Gasteiger partial charge < -0.3 is 15.5 Å². The Hall–Kier alpha value is -0.160. The molecule has 2 aliphatic heterocycles. The largest absolute Gasteiger partial charge is 0.395 e. The van der Waals surface area contributed by atoms with Crippen LogP contribution in [0.15, 0.2) is 0 Å². The summed E-state index contributed by atoms with van der Waals surface area (Å²) in [5, 5.41) is 22.2. The number of likely N-dealkylation sites (tertiary alicyclic amines) is 1. The highest BCUT2D eigenvalue weighted by Gasteiger charge is 2.35. The van der Waals surface area contributed by atoms with Crippen LogP contribution < -0.4 is 5.32 Å². The molecule has 82 valence electrons. The third-order valence-corrected chi connectivity index (χ3v) is 3.46. The molecule has 2 heterocycles. The normalized spacial score (nSPS) is 40.3.